The molecule has 1 aromatic carbocycles. The molecule has 2 atom stereocenters. The zero-order valence-electron chi connectivity index (χ0n) is 19.2. The van der Waals surface area contributed by atoms with E-state index in [0.717, 1.165) is 31.5 Å². The Morgan fingerprint density at radius 3 is 2.00 bits per heavy atom. The lowest BCUT2D eigenvalue weighted by Crippen LogP contribution is -2.49. The van der Waals surface area contributed by atoms with Gasteiger partial charge in [-0.3, -0.25) is 9.69 Å². The van der Waals surface area contributed by atoms with Gasteiger partial charge >= 0.3 is 0 Å². The number of ether oxygens (including phenoxy) is 1. The van der Waals surface area contributed by atoms with E-state index < -0.39 is 6.04 Å². The second-order valence-electron chi connectivity index (χ2n) is 8.78. The van der Waals surface area contributed by atoms with Crippen LogP contribution in [-0.4, -0.2) is 43.0 Å². The molecule has 2 N–H and O–H groups in total. The van der Waals surface area contributed by atoms with Crippen molar-refractivity contribution in [2.75, 3.05) is 26.3 Å². The lowest BCUT2D eigenvalue weighted by Gasteiger charge is -2.37. The lowest BCUT2D eigenvalue weighted by molar-refractivity contribution is -0.122. The molecule has 1 aliphatic heterocycles. The van der Waals surface area contributed by atoms with Crippen molar-refractivity contribution in [3.8, 4) is 0 Å². The van der Waals surface area contributed by atoms with Crippen molar-refractivity contribution in [3.05, 3.63) is 35.9 Å². The number of Topliss-reactive ketones (excluding diaryl/α,β-unsaturated/α-hetero) is 1. The third-order valence-electron chi connectivity index (χ3n) is 6.32. The fourth-order valence-corrected chi connectivity index (χ4v) is 4.46. The van der Waals surface area contributed by atoms with Gasteiger partial charge in [-0.15, -0.1) is 0 Å². The Balaban J connectivity index is 1.67. The molecule has 0 spiro atoms. The number of hydrogen-bond acceptors (Lipinski definition) is 4. The van der Waals surface area contributed by atoms with Crippen LogP contribution in [0.2, 0.25) is 0 Å². The van der Waals surface area contributed by atoms with Gasteiger partial charge in [0.25, 0.3) is 0 Å². The molecule has 2 unspecified atom stereocenters. The number of ketones is 1. The molecular weight excluding hydrogens is 372 g/mol. The van der Waals surface area contributed by atoms with Crippen LogP contribution in [-0.2, 0) is 9.53 Å². The zero-order valence-corrected chi connectivity index (χ0v) is 19.2. The van der Waals surface area contributed by atoms with E-state index in [2.05, 4.69) is 24.0 Å². The number of rotatable bonds is 16. The number of carbonyl (C=O) groups is 1. The summed E-state index contributed by atoms with van der Waals surface area (Å²) in [5, 5.41) is 0. The maximum Gasteiger partial charge on any atom is 0.151 e. The van der Waals surface area contributed by atoms with Crippen molar-refractivity contribution < 1.29 is 9.53 Å². The number of carbonyl (C=O) groups excluding carboxylic acids is 1. The Morgan fingerprint density at radius 1 is 0.900 bits per heavy atom. The average Bonchev–Trinajstić information content (AvgIpc) is 2.79. The van der Waals surface area contributed by atoms with Gasteiger partial charge < -0.3 is 10.5 Å². The van der Waals surface area contributed by atoms with Gasteiger partial charge in [0.2, 0.25) is 0 Å². The Bertz CT molecular complexity index is 557. The monoisotopic (exact) mass is 416 g/mol. The summed E-state index contributed by atoms with van der Waals surface area (Å²) in [7, 11) is 0. The minimum Gasteiger partial charge on any atom is -0.379 e. The second-order valence-corrected chi connectivity index (χ2v) is 8.78. The van der Waals surface area contributed by atoms with Gasteiger partial charge in [-0.2, -0.15) is 0 Å². The van der Waals surface area contributed by atoms with Gasteiger partial charge in [0.1, 0.15) is 0 Å². The molecule has 0 saturated carbocycles. The van der Waals surface area contributed by atoms with Gasteiger partial charge in [-0.1, -0.05) is 101 Å². The second kappa shape index (κ2) is 15.6. The number of nitrogens with zero attached hydrogens (tertiary/aromatic N) is 1. The van der Waals surface area contributed by atoms with Crippen molar-refractivity contribution in [1.29, 1.82) is 0 Å². The van der Waals surface area contributed by atoms with Crippen LogP contribution in [0.5, 0.6) is 0 Å². The molecule has 0 bridgehead atoms. The SMILES string of the molecule is CCCCCCCCCCCCCC(=O)C(N)C(c1ccccc1)N1CCOCC1. The van der Waals surface area contributed by atoms with Gasteiger partial charge in [0.15, 0.2) is 5.78 Å². The van der Waals surface area contributed by atoms with Crippen molar-refractivity contribution in [2.45, 2.75) is 96.1 Å². The smallest absolute Gasteiger partial charge is 0.151 e. The molecule has 30 heavy (non-hydrogen) atoms. The van der Waals surface area contributed by atoms with Crippen molar-refractivity contribution in [2.24, 2.45) is 5.73 Å². The first-order valence-corrected chi connectivity index (χ1v) is 12.4. The summed E-state index contributed by atoms with van der Waals surface area (Å²) in [6.45, 7) is 5.35. The number of unbranched alkanes of at least 4 members (excludes halogenated alkanes) is 10. The van der Waals surface area contributed by atoms with E-state index in [1.807, 2.05) is 18.2 Å². The summed E-state index contributed by atoms with van der Waals surface area (Å²) in [6, 6.07) is 9.75. The minimum atomic E-state index is -0.464. The van der Waals surface area contributed by atoms with Crippen LogP contribution in [0.4, 0.5) is 0 Å². The lowest BCUT2D eigenvalue weighted by atomic mass is 9.92. The van der Waals surface area contributed by atoms with Gasteiger partial charge in [-0.25, -0.2) is 0 Å². The molecule has 0 radical (unpaired) electrons. The predicted octanol–water partition coefficient (Wildman–Crippen LogP) is 5.66. The molecule has 4 heteroatoms. The predicted molar refractivity (Wildman–Crippen MR) is 126 cm³/mol. The fraction of sp³-hybridized carbons (Fsp3) is 0.731. The largest absolute Gasteiger partial charge is 0.379 e. The van der Waals surface area contributed by atoms with E-state index in [4.69, 9.17) is 10.5 Å². The minimum absolute atomic E-state index is 0.0460. The highest BCUT2D eigenvalue weighted by Gasteiger charge is 2.31. The first kappa shape index (κ1) is 25.0. The summed E-state index contributed by atoms with van der Waals surface area (Å²) >= 11 is 0. The molecule has 1 aromatic rings. The average molecular weight is 417 g/mol. The molecule has 1 aliphatic rings. The van der Waals surface area contributed by atoms with Gasteiger partial charge in [0.05, 0.1) is 25.3 Å². The molecule has 4 nitrogen and oxygen atoms in total. The quantitative estimate of drug-likeness (QED) is 0.353. The molecule has 1 heterocycles. The maximum absolute atomic E-state index is 12.9. The Morgan fingerprint density at radius 2 is 1.43 bits per heavy atom. The third kappa shape index (κ3) is 9.28. The topological polar surface area (TPSA) is 55.6 Å². The van der Waals surface area contributed by atoms with Crippen LogP contribution in [0.25, 0.3) is 0 Å². The fourth-order valence-electron chi connectivity index (χ4n) is 4.46. The van der Waals surface area contributed by atoms with E-state index in [1.165, 1.54) is 57.8 Å². The summed E-state index contributed by atoms with van der Waals surface area (Å²) in [6.07, 6.45) is 14.8. The number of nitrogens with two attached hydrogens (primary N) is 1. The van der Waals surface area contributed by atoms with Gasteiger partial charge in [-0.05, 0) is 12.0 Å². The highest BCUT2D eigenvalue weighted by Crippen LogP contribution is 2.26. The van der Waals surface area contributed by atoms with Crippen molar-refractivity contribution in [3.63, 3.8) is 0 Å². The van der Waals surface area contributed by atoms with E-state index in [9.17, 15) is 4.79 Å². The summed E-state index contributed by atoms with van der Waals surface area (Å²) in [5.41, 5.74) is 7.66. The molecule has 2 rings (SSSR count). The van der Waals surface area contributed by atoms with Crippen LogP contribution in [0.15, 0.2) is 30.3 Å². The van der Waals surface area contributed by atoms with E-state index in [0.29, 0.717) is 19.6 Å². The Hall–Kier alpha value is -1.23. The van der Waals surface area contributed by atoms with Crippen LogP contribution >= 0.6 is 0 Å². The van der Waals surface area contributed by atoms with Crippen molar-refractivity contribution in [1.82, 2.24) is 4.90 Å². The number of morpholine rings is 1. The zero-order chi connectivity index (χ0) is 21.4. The van der Waals surface area contributed by atoms with Crippen LogP contribution in [0.3, 0.4) is 0 Å². The molecule has 0 aromatic heterocycles. The molecule has 1 saturated heterocycles. The van der Waals surface area contributed by atoms with E-state index in [-0.39, 0.29) is 11.8 Å². The van der Waals surface area contributed by atoms with Crippen LogP contribution in [0, 0.1) is 0 Å². The normalized spacial score (nSPS) is 17.0. The van der Waals surface area contributed by atoms with E-state index >= 15 is 0 Å². The molecule has 0 amide bonds. The first-order valence-electron chi connectivity index (χ1n) is 12.4. The summed E-state index contributed by atoms with van der Waals surface area (Å²) in [4.78, 5) is 15.2. The summed E-state index contributed by atoms with van der Waals surface area (Å²) in [5.74, 6) is 0.200. The Labute approximate surface area is 184 Å². The van der Waals surface area contributed by atoms with Crippen LogP contribution < -0.4 is 5.73 Å². The molecule has 1 fully saturated rings. The van der Waals surface area contributed by atoms with E-state index in [1.54, 1.807) is 0 Å². The number of benzene rings is 1. The highest BCUT2D eigenvalue weighted by molar-refractivity contribution is 5.84. The van der Waals surface area contributed by atoms with Gasteiger partial charge in [0, 0.05) is 19.5 Å². The summed E-state index contributed by atoms with van der Waals surface area (Å²) < 4.78 is 5.50. The first-order chi connectivity index (χ1) is 14.7. The highest BCUT2D eigenvalue weighted by atomic mass is 16.5. The van der Waals surface area contributed by atoms with Crippen molar-refractivity contribution >= 4 is 5.78 Å². The number of hydrogen-bond donors (Lipinski definition) is 1. The molecule has 0 aliphatic carbocycles. The van der Waals surface area contributed by atoms with Crippen LogP contribution in [0.1, 0.15) is 95.6 Å². The Kier molecular flexibility index (Phi) is 13.0. The molecular formula is C26H44N2O2. The third-order valence-corrected chi connectivity index (χ3v) is 6.32. The maximum atomic E-state index is 12.9. The standard InChI is InChI=1S/C26H44N2O2/c1-2-3-4-5-6-7-8-9-10-11-15-18-24(29)25(27)26(23-16-13-12-14-17-23)28-19-21-30-22-20-28/h12-14,16-17,25-26H,2-11,15,18-22,27H2,1H3. The molecule has 170 valence electrons.